The topological polar surface area (TPSA) is 151 Å². The third-order valence-corrected chi connectivity index (χ3v) is 7.89. The van der Waals surface area contributed by atoms with Crippen molar-refractivity contribution in [3.05, 3.63) is 48.6 Å². The lowest BCUT2D eigenvalue weighted by molar-refractivity contribution is -0.124. The van der Waals surface area contributed by atoms with Gasteiger partial charge in [-0.3, -0.25) is 13.8 Å². The van der Waals surface area contributed by atoms with Gasteiger partial charge in [-0.05, 0) is 64.2 Å². The molecule has 0 rings (SSSR count). The van der Waals surface area contributed by atoms with E-state index in [1.54, 1.807) is 6.08 Å². The van der Waals surface area contributed by atoms with Crippen LogP contribution in [0, 0.1) is 0 Å². The zero-order chi connectivity index (χ0) is 32.7. The normalized spacial score (nSPS) is 15.9. The first-order valence-electron chi connectivity index (χ1n) is 16.8. The first-order chi connectivity index (χ1) is 21.3. The molecule has 0 aliphatic carbocycles. The SMILES string of the molecule is CCCC/C=C/CC/C=C/CC/C=C/C(O)C(COP(=O)(O)OCCN)NC(=O)CC(O)CCCCC/C=C\CCCCC. The number of aliphatic hydroxyl groups is 2. The van der Waals surface area contributed by atoms with Crippen molar-refractivity contribution in [1.29, 1.82) is 0 Å². The lowest BCUT2D eigenvalue weighted by Crippen LogP contribution is -2.46. The summed E-state index contributed by atoms with van der Waals surface area (Å²) >= 11 is 0. The Morgan fingerprint density at radius 2 is 1.32 bits per heavy atom. The van der Waals surface area contributed by atoms with E-state index in [1.165, 1.54) is 38.2 Å². The number of aliphatic hydroxyl groups excluding tert-OH is 2. The first-order valence-corrected chi connectivity index (χ1v) is 18.3. The Kier molecular flexibility index (Phi) is 29.0. The molecule has 0 fully saturated rings. The van der Waals surface area contributed by atoms with Crippen LogP contribution < -0.4 is 11.1 Å². The van der Waals surface area contributed by atoms with Gasteiger partial charge in [-0.1, -0.05) is 101 Å². The van der Waals surface area contributed by atoms with Crippen LogP contribution in [0.4, 0.5) is 0 Å². The minimum absolute atomic E-state index is 0.0389. The molecular weight excluding hydrogens is 579 g/mol. The molecule has 4 unspecified atom stereocenters. The summed E-state index contributed by atoms with van der Waals surface area (Å²) in [5.41, 5.74) is 5.32. The van der Waals surface area contributed by atoms with E-state index >= 15 is 0 Å². The summed E-state index contributed by atoms with van der Waals surface area (Å²) in [4.78, 5) is 22.5. The van der Waals surface area contributed by atoms with E-state index in [9.17, 15) is 24.5 Å². The van der Waals surface area contributed by atoms with Crippen molar-refractivity contribution in [2.45, 2.75) is 141 Å². The zero-order valence-electron chi connectivity index (χ0n) is 27.5. The highest BCUT2D eigenvalue weighted by Gasteiger charge is 2.27. The molecular formula is C34H63N2O7P. The van der Waals surface area contributed by atoms with Crippen LogP contribution in [-0.4, -0.2) is 59.0 Å². The molecule has 0 spiro atoms. The van der Waals surface area contributed by atoms with Crippen molar-refractivity contribution in [2.75, 3.05) is 19.8 Å². The number of phosphoric acid groups is 1. The van der Waals surface area contributed by atoms with Crippen molar-refractivity contribution in [3.8, 4) is 0 Å². The standard InChI is InChI=1S/C34H63N2O7P/c1-3-5-7-9-11-13-15-16-18-20-22-24-26-33(38)32(30-43-44(40,41)42-28-27-35)36-34(39)29-31(37)25-23-21-19-17-14-12-10-8-6-4-2/h9,11-12,14,16,18,24,26,31-33,37-38H,3-8,10,13,15,17,19-23,25,27-30,35H2,1-2H3,(H,36,39)(H,40,41)/b11-9+,14-12-,18-16+,26-24+. The van der Waals surface area contributed by atoms with Crippen LogP contribution in [0.15, 0.2) is 48.6 Å². The molecule has 4 atom stereocenters. The highest BCUT2D eigenvalue weighted by Crippen LogP contribution is 2.43. The van der Waals surface area contributed by atoms with Crippen molar-refractivity contribution in [1.82, 2.24) is 5.32 Å². The third-order valence-electron chi connectivity index (χ3n) is 6.91. The molecule has 0 aliphatic heterocycles. The molecule has 10 heteroatoms. The number of allylic oxidation sites excluding steroid dienone is 7. The van der Waals surface area contributed by atoms with Gasteiger partial charge >= 0.3 is 7.82 Å². The average Bonchev–Trinajstić information content (AvgIpc) is 2.99. The molecule has 0 aromatic rings. The number of nitrogens with two attached hydrogens (primary N) is 1. The monoisotopic (exact) mass is 642 g/mol. The van der Waals surface area contributed by atoms with Crippen LogP contribution >= 0.6 is 7.82 Å². The third kappa shape index (κ3) is 27.9. The van der Waals surface area contributed by atoms with Gasteiger partial charge in [0.05, 0.1) is 37.9 Å². The summed E-state index contributed by atoms with van der Waals surface area (Å²) in [6, 6.07) is -1.01. The van der Waals surface area contributed by atoms with E-state index in [0.29, 0.717) is 12.8 Å². The fraction of sp³-hybridized carbons (Fsp3) is 0.735. The lowest BCUT2D eigenvalue weighted by Gasteiger charge is -2.24. The van der Waals surface area contributed by atoms with E-state index in [4.69, 9.17) is 14.8 Å². The molecule has 0 aliphatic rings. The van der Waals surface area contributed by atoms with Crippen molar-refractivity contribution >= 4 is 13.7 Å². The smallest absolute Gasteiger partial charge is 0.393 e. The number of carbonyl (C=O) groups excluding carboxylic acids is 1. The predicted octanol–water partition coefficient (Wildman–Crippen LogP) is 7.18. The van der Waals surface area contributed by atoms with Crippen LogP contribution in [0.2, 0.25) is 0 Å². The number of carbonyl (C=O) groups is 1. The van der Waals surface area contributed by atoms with E-state index in [0.717, 1.165) is 57.8 Å². The predicted molar refractivity (Wildman–Crippen MR) is 181 cm³/mol. The quantitative estimate of drug-likeness (QED) is 0.0314. The van der Waals surface area contributed by atoms with Gasteiger partial charge < -0.3 is 26.2 Å². The summed E-state index contributed by atoms with van der Waals surface area (Å²) in [6.07, 6.45) is 30.6. The van der Waals surface area contributed by atoms with Crippen LogP contribution in [0.1, 0.15) is 123 Å². The van der Waals surface area contributed by atoms with Gasteiger partial charge in [0.1, 0.15) is 0 Å². The Morgan fingerprint density at radius 1 is 0.773 bits per heavy atom. The molecule has 256 valence electrons. The summed E-state index contributed by atoms with van der Waals surface area (Å²) < 4.78 is 21.9. The Balaban J connectivity index is 4.66. The van der Waals surface area contributed by atoms with E-state index in [-0.39, 0.29) is 19.6 Å². The largest absolute Gasteiger partial charge is 0.472 e. The zero-order valence-corrected chi connectivity index (χ0v) is 28.4. The number of amides is 1. The van der Waals surface area contributed by atoms with Gasteiger partial charge in [0.25, 0.3) is 0 Å². The van der Waals surface area contributed by atoms with Crippen LogP contribution in [0.25, 0.3) is 0 Å². The molecule has 0 saturated heterocycles. The highest BCUT2D eigenvalue weighted by atomic mass is 31.2. The Morgan fingerprint density at radius 3 is 1.91 bits per heavy atom. The lowest BCUT2D eigenvalue weighted by atomic mass is 10.1. The molecule has 0 aromatic carbocycles. The van der Waals surface area contributed by atoms with Crippen molar-refractivity contribution in [2.24, 2.45) is 5.73 Å². The Labute approximate surface area is 267 Å². The summed E-state index contributed by atoms with van der Waals surface area (Å²) in [6.45, 7) is 3.80. The maximum Gasteiger partial charge on any atom is 0.472 e. The average molecular weight is 643 g/mol. The second-order valence-corrected chi connectivity index (χ2v) is 12.6. The maximum absolute atomic E-state index is 12.7. The van der Waals surface area contributed by atoms with Gasteiger partial charge in [0, 0.05) is 6.54 Å². The molecule has 0 bridgehead atoms. The molecule has 0 heterocycles. The second-order valence-electron chi connectivity index (χ2n) is 11.2. The molecule has 0 aromatic heterocycles. The summed E-state index contributed by atoms with van der Waals surface area (Å²) in [7, 11) is -4.40. The second kappa shape index (κ2) is 30.1. The number of unbranched alkanes of at least 4 members (excludes halogenated alkanes) is 10. The fourth-order valence-corrected chi connectivity index (χ4v) is 5.06. The fourth-order valence-electron chi connectivity index (χ4n) is 4.30. The van der Waals surface area contributed by atoms with Crippen LogP contribution in [0.5, 0.6) is 0 Å². The first kappa shape index (κ1) is 42.4. The molecule has 0 radical (unpaired) electrons. The number of phosphoric ester groups is 1. The van der Waals surface area contributed by atoms with Gasteiger partial charge in [0.2, 0.25) is 5.91 Å². The number of hydrogen-bond acceptors (Lipinski definition) is 7. The van der Waals surface area contributed by atoms with Gasteiger partial charge in [0.15, 0.2) is 0 Å². The molecule has 6 N–H and O–H groups in total. The van der Waals surface area contributed by atoms with Crippen LogP contribution in [0.3, 0.4) is 0 Å². The van der Waals surface area contributed by atoms with Crippen molar-refractivity contribution in [3.63, 3.8) is 0 Å². The maximum atomic E-state index is 12.7. The van der Waals surface area contributed by atoms with E-state index < -0.39 is 38.6 Å². The van der Waals surface area contributed by atoms with Gasteiger partial charge in [-0.15, -0.1) is 0 Å². The molecule has 9 nitrogen and oxygen atoms in total. The Bertz CT molecular complexity index is 847. The van der Waals surface area contributed by atoms with Crippen molar-refractivity contribution < 1.29 is 33.5 Å². The minimum atomic E-state index is -4.40. The van der Waals surface area contributed by atoms with E-state index in [2.05, 4.69) is 55.6 Å². The van der Waals surface area contributed by atoms with E-state index in [1.807, 2.05) is 0 Å². The number of nitrogens with one attached hydrogen (secondary N) is 1. The summed E-state index contributed by atoms with van der Waals surface area (Å²) in [5.74, 6) is -0.476. The molecule has 0 saturated carbocycles. The summed E-state index contributed by atoms with van der Waals surface area (Å²) in [5, 5.41) is 23.7. The minimum Gasteiger partial charge on any atom is -0.393 e. The molecule has 44 heavy (non-hydrogen) atoms. The van der Waals surface area contributed by atoms with Gasteiger partial charge in [-0.25, -0.2) is 4.57 Å². The van der Waals surface area contributed by atoms with Crippen LogP contribution in [-0.2, 0) is 18.4 Å². The highest BCUT2D eigenvalue weighted by molar-refractivity contribution is 7.47. The molecule has 1 amide bonds. The Hall–Kier alpha value is -1.58. The number of rotatable bonds is 30. The van der Waals surface area contributed by atoms with Gasteiger partial charge in [-0.2, -0.15) is 0 Å². The number of hydrogen-bond donors (Lipinski definition) is 5.